The lowest BCUT2D eigenvalue weighted by atomic mass is 10.1. The average molecular weight is 491 g/mol. The molecule has 0 spiro atoms. The number of carbonyl (C=O) groups is 1. The van der Waals surface area contributed by atoms with Gasteiger partial charge in [0.2, 0.25) is 0 Å². The molecule has 3 aromatic rings. The third-order valence-corrected chi connectivity index (χ3v) is 5.40. The molecule has 1 saturated heterocycles. The number of aromatic nitrogens is 2. The van der Waals surface area contributed by atoms with Crippen molar-refractivity contribution in [1.82, 2.24) is 9.97 Å². The van der Waals surface area contributed by atoms with Gasteiger partial charge in [-0.1, -0.05) is 0 Å². The highest BCUT2D eigenvalue weighted by Crippen LogP contribution is 2.32. The molecule has 1 amide bonds. The molecule has 4 rings (SSSR count). The molecule has 3 heterocycles. The largest absolute Gasteiger partial charge is 0.573 e. The van der Waals surface area contributed by atoms with E-state index in [0.717, 1.165) is 18.3 Å². The number of rotatable bonds is 6. The molecule has 0 aliphatic carbocycles. The van der Waals surface area contributed by atoms with Gasteiger partial charge in [-0.3, -0.25) is 9.78 Å². The Kier molecular flexibility index (Phi) is 6.85. The number of benzene rings is 1. The van der Waals surface area contributed by atoms with Crippen molar-refractivity contribution < 1.29 is 31.8 Å². The second-order valence-electron chi connectivity index (χ2n) is 7.86. The van der Waals surface area contributed by atoms with Crippen LogP contribution in [0.2, 0.25) is 0 Å². The molecule has 2 atom stereocenters. The fourth-order valence-electron chi connectivity index (χ4n) is 3.77. The molecule has 3 N–H and O–H groups in total. The molecule has 35 heavy (non-hydrogen) atoms. The van der Waals surface area contributed by atoms with Gasteiger partial charge in [-0.05, 0) is 36.4 Å². The number of nitrogens with two attached hydrogens (primary N) is 1. The van der Waals surface area contributed by atoms with Crippen LogP contribution in [0, 0.1) is 5.82 Å². The Hall–Kier alpha value is -3.77. The van der Waals surface area contributed by atoms with Crippen LogP contribution in [0.3, 0.4) is 0 Å². The zero-order valence-electron chi connectivity index (χ0n) is 18.4. The predicted molar refractivity (Wildman–Crippen MR) is 119 cm³/mol. The van der Waals surface area contributed by atoms with Crippen LogP contribution in [-0.4, -0.2) is 54.6 Å². The van der Waals surface area contributed by atoms with Gasteiger partial charge in [0.15, 0.2) is 0 Å². The first-order valence-corrected chi connectivity index (χ1v) is 10.4. The molecule has 1 aliphatic heterocycles. The number of hydrogen-bond donors (Lipinski definition) is 2. The van der Waals surface area contributed by atoms with Crippen LogP contribution in [0.4, 0.5) is 29.1 Å². The van der Waals surface area contributed by atoms with Crippen LogP contribution in [0.1, 0.15) is 10.4 Å². The Balaban J connectivity index is 1.61. The summed E-state index contributed by atoms with van der Waals surface area (Å²) in [5, 5.41) is 2.59. The van der Waals surface area contributed by atoms with Crippen molar-refractivity contribution in [3.05, 3.63) is 66.4 Å². The summed E-state index contributed by atoms with van der Waals surface area (Å²) in [5.41, 5.74) is 7.40. The third-order valence-electron chi connectivity index (χ3n) is 5.40. The van der Waals surface area contributed by atoms with Crippen molar-refractivity contribution >= 4 is 17.4 Å². The third kappa shape index (κ3) is 5.84. The van der Waals surface area contributed by atoms with Crippen molar-refractivity contribution in [1.29, 1.82) is 0 Å². The SMILES string of the molecule is CO[C@H]1CN(c2ncc(C(=O)Nc3ccc(OC(F)(F)F)cc3)cc2-c2cncc(F)c2)C[C@@H]1N. The second kappa shape index (κ2) is 9.84. The van der Waals surface area contributed by atoms with E-state index in [1.807, 2.05) is 4.90 Å². The molecule has 8 nitrogen and oxygen atoms in total. The smallest absolute Gasteiger partial charge is 0.406 e. The van der Waals surface area contributed by atoms with Crippen molar-refractivity contribution in [2.24, 2.45) is 5.73 Å². The maximum absolute atomic E-state index is 13.9. The zero-order chi connectivity index (χ0) is 25.2. The highest BCUT2D eigenvalue weighted by Gasteiger charge is 2.33. The average Bonchev–Trinajstić information content (AvgIpc) is 3.19. The highest BCUT2D eigenvalue weighted by molar-refractivity contribution is 6.05. The Labute approximate surface area is 197 Å². The van der Waals surface area contributed by atoms with Gasteiger partial charge in [0.1, 0.15) is 17.4 Å². The van der Waals surface area contributed by atoms with E-state index in [2.05, 4.69) is 20.0 Å². The van der Waals surface area contributed by atoms with E-state index in [-0.39, 0.29) is 23.4 Å². The number of ether oxygens (including phenoxy) is 2. The first-order valence-electron chi connectivity index (χ1n) is 10.4. The first kappa shape index (κ1) is 24.4. The Morgan fingerprint density at radius 3 is 2.51 bits per heavy atom. The number of nitrogens with zero attached hydrogens (tertiary/aromatic N) is 3. The normalized spacial score (nSPS) is 17.9. The molecule has 0 bridgehead atoms. The molecule has 2 aromatic heterocycles. The summed E-state index contributed by atoms with van der Waals surface area (Å²) >= 11 is 0. The van der Waals surface area contributed by atoms with E-state index in [0.29, 0.717) is 30.0 Å². The minimum Gasteiger partial charge on any atom is -0.406 e. The Bertz CT molecular complexity index is 1210. The van der Waals surface area contributed by atoms with Crippen LogP contribution >= 0.6 is 0 Å². The van der Waals surface area contributed by atoms with Crippen LogP contribution in [0.15, 0.2) is 55.0 Å². The standard InChI is InChI=1S/C23H21F4N5O3/c1-34-20-12-32(11-19(20)28)21-18(13-6-15(24)10-29-8-13)7-14(9-30-21)22(33)31-16-2-4-17(5-3-16)35-23(25,26)27/h2-10,19-20H,11-12,28H2,1H3,(H,31,33)/t19-,20-/m0/s1. The van der Waals surface area contributed by atoms with Gasteiger partial charge >= 0.3 is 6.36 Å². The number of pyridine rings is 2. The first-order chi connectivity index (χ1) is 16.6. The number of amides is 1. The van der Waals surface area contributed by atoms with E-state index in [1.54, 1.807) is 13.2 Å². The van der Waals surface area contributed by atoms with E-state index < -0.39 is 23.8 Å². The lowest BCUT2D eigenvalue weighted by Gasteiger charge is -2.21. The maximum Gasteiger partial charge on any atom is 0.573 e. The summed E-state index contributed by atoms with van der Waals surface area (Å²) in [6, 6.07) is 7.27. The molecular weight excluding hydrogens is 470 g/mol. The summed E-state index contributed by atoms with van der Waals surface area (Å²) in [7, 11) is 1.56. The minimum absolute atomic E-state index is 0.149. The summed E-state index contributed by atoms with van der Waals surface area (Å²) in [5.74, 6) is -1.05. The summed E-state index contributed by atoms with van der Waals surface area (Å²) < 4.78 is 60.2. The maximum atomic E-state index is 13.9. The lowest BCUT2D eigenvalue weighted by Crippen LogP contribution is -2.34. The van der Waals surface area contributed by atoms with Crippen molar-refractivity contribution in [2.75, 3.05) is 30.4 Å². The molecule has 184 valence electrons. The fraction of sp³-hybridized carbons (Fsp3) is 0.261. The van der Waals surface area contributed by atoms with Gasteiger partial charge in [-0.2, -0.15) is 0 Å². The number of nitrogens with one attached hydrogen (secondary N) is 1. The summed E-state index contributed by atoms with van der Waals surface area (Å²) in [6.45, 7) is 0.900. The number of halogens is 4. The topological polar surface area (TPSA) is 103 Å². The lowest BCUT2D eigenvalue weighted by molar-refractivity contribution is -0.274. The van der Waals surface area contributed by atoms with E-state index in [1.165, 1.54) is 30.6 Å². The van der Waals surface area contributed by atoms with Gasteiger partial charge in [0, 0.05) is 49.4 Å². The van der Waals surface area contributed by atoms with Gasteiger partial charge in [-0.25, -0.2) is 9.37 Å². The fourth-order valence-corrected chi connectivity index (χ4v) is 3.77. The van der Waals surface area contributed by atoms with Crippen LogP contribution in [-0.2, 0) is 4.74 Å². The van der Waals surface area contributed by atoms with Crippen LogP contribution in [0.25, 0.3) is 11.1 Å². The van der Waals surface area contributed by atoms with Gasteiger partial charge in [0.25, 0.3) is 5.91 Å². The summed E-state index contributed by atoms with van der Waals surface area (Å²) in [6.07, 6.45) is -1.17. The number of methoxy groups -OCH3 is 1. The second-order valence-corrected chi connectivity index (χ2v) is 7.86. The number of hydrogen-bond acceptors (Lipinski definition) is 7. The van der Waals surface area contributed by atoms with E-state index in [9.17, 15) is 22.4 Å². The molecule has 12 heteroatoms. The Morgan fingerprint density at radius 1 is 1.14 bits per heavy atom. The Morgan fingerprint density at radius 2 is 1.89 bits per heavy atom. The van der Waals surface area contributed by atoms with Gasteiger partial charge < -0.3 is 25.4 Å². The van der Waals surface area contributed by atoms with Crippen LogP contribution in [0.5, 0.6) is 5.75 Å². The van der Waals surface area contributed by atoms with E-state index in [4.69, 9.17) is 10.5 Å². The number of alkyl halides is 3. The van der Waals surface area contributed by atoms with Crippen molar-refractivity contribution in [3.8, 4) is 16.9 Å². The van der Waals surface area contributed by atoms with Gasteiger partial charge in [0.05, 0.1) is 23.9 Å². The quantitative estimate of drug-likeness (QED) is 0.508. The van der Waals surface area contributed by atoms with Crippen LogP contribution < -0.4 is 20.7 Å². The van der Waals surface area contributed by atoms with E-state index >= 15 is 0 Å². The van der Waals surface area contributed by atoms with Crippen molar-refractivity contribution in [2.45, 2.75) is 18.5 Å². The molecule has 1 aromatic carbocycles. The van der Waals surface area contributed by atoms with Gasteiger partial charge in [-0.15, -0.1) is 13.2 Å². The molecule has 1 aliphatic rings. The highest BCUT2D eigenvalue weighted by atomic mass is 19.4. The predicted octanol–water partition coefficient (Wildman–Crippen LogP) is 3.60. The monoisotopic (exact) mass is 491 g/mol. The number of anilines is 2. The zero-order valence-corrected chi connectivity index (χ0v) is 18.4. The molecule has 1 fully saturated rings. The molecule has 0 unspecified atom stereocenters. The molecule has 0 radical (unpaired) electrons. The molecule has 0 saturated carbocycles. The minimum atomic E-state index is -4.82. The van der Waals surface area contributed by atoms with Crippen molar-refractivity contribution in [3.63, 3.8) is 0 Å². The number of carbonyl (C=O) groups excluding carboxylic acids is 1. The summed E-state index contributed by atoms with van der Waals surface area (Å²) in [4.78, 5) is 23.1. The molecular formula is C23H21F4N5O3.